The fraction of sp³-hybridized carbons (Fsp3) is 0.800. The number of hydrogen-bond donors (Lipinski definition) is 2. The third-order valence-corrected chi connectivity index (χ3v) is 8.41. The first-order chi connectivity index (χ1) is 16.4. The summed E-state index contributed by atoms with van der Waals surface area (Å²) in [5.41, 5.74) is -5.24. The number of carbonyl (C=O) groups excluding carboxylic acids is 3. The van der Waals surface area contributed by atoms with Crippen LogP contribution in [0.4, 0.5) is 0 Å². The molecule has 2 saturated heterocycles. The second-order valence-electron chi connectivity index (χ2n) is 11.3. The molecule has 2 N–H and O–H groups in total. The highest BCUT2D eigenvalue weighted by Crippen LogP contribution is 2.75. The van der Waals surface area contributed by atoms with Crippen molar-refractivity contribution in [3.63, 3.8) is 0 Å². The van der Waals surface area contributed by atoms with E-state index >= 15 is 0 Å². The minimum absolute atomic E-state index is 0.0964. The van der Waals surface area contributed by atoms with E-state index in [-0.39, 0.29) is 30.8 Å². The summed E-state index contributed by atoms with van der Waals surface area (Å²) in [4.78, 5) is 37.8. The first kappa shape index (κ1) is 26.1. The van der Waals surface area contributed by atoms with Crippen LogP contribution in [-0.4, -0.2) is 78.6 Å². The Morgan fingerprint density at radius 2 is 1.97 bits per heavy atom. The van der Waals surface area contributed by atoms with Gasteiger partial charge < -0.3 is 33.9 Å². The van der Waals surface area contributed by atoms with Gasteiger partial charge in [0.05, 0.1) is 23.5 Å². The fourth-order valence-electron chi connectivity index (χ4n) is 7.49. The van der Waals surface area contributed by atoms with Gasteiger partial charge in [-0.2, -0.15) is 0 Å². The number of esters is 2. The van der Waals surface area contributed by atoms with Gasteiger partial charge in [0.25, 0.3) is 6.47 Å². The Bertz CT molecular complexity index is 935. The van der Waals surface area contributed by atoms with Crippen molar-refractivity contribution in [2.75, 3.05) is 19.8 Å². The summed E-state index contributed by atoms with van der Waals surface area (Å²) in [5, 5.41) is 23.1. The molecule has 3 aliphatic heterocycles. The minimum atomic E-state index is -1.94. The standard InChI is InChI=1S/C25H36O10/c1-7-8-9-31-10-23(17(14(3)27)22(4,5)6)21(33-12-26)35-25-15-13(2)19(29)34-16(15)18(28)24(23,25)11-32-20(25)30/h12,14,16-18,21,27-28H,7-11H2,1-6H3/t14-,16?,17-,18-,21?,23?,24?,25?/m0/s1. The molecule has 0 amide bonds. The van der Waals surface area contributed by atoms with Crippen LogP contribution in [0.2, 0.25) is 0 Å². The van der Waals surface area contributed by atoms with Gasteiger partial charge in [-0.15, -0.1) is 0 Å². The quantitative estimate of drug-likeness (QED) is 0.208. The van der Waals surface area contributed by atoms with Crippen LogP contribution in [-0.2, 0) is 38.1 Å². The molecule has 4 aliphatic rings. The predicted molar refractivity (Wildman–Crippen MR) is 120 cm³/mol. The van der Waals surface area contributed by atoms with Crippen molar-refractivity contribution in [3.8, 4) is 0 Å². The van der Waals surface area contributed by atoms with Crippen LogP contribution < -0.4 is 0 Å². The van der Waals surface area contributed by atoms with Gasteiger partial charge in [0.2, 0.25) is 11.9 Å². The van der Waals surface area contributed by atoms with E-state index in [9.17, 15) is 24.6 Å². The zero-order chi connectivity index (χ0) is 26.0. The Labute approximate surface area is 204 Å². The monoisotopic (exact) mass is 496 g/mol. The maximum Gasteiger partial charge on any atom is 0.344 e. The van der Waals surface area contributed by atoms with Gasteiger partial charge in [-0.1, -0.05) is 34.1 Å². The number of cyclic esters (lactones) is 1. The number of hydrogen-bond acceptors (Lipinski definition) is 10. The number of unbranched alkanes of at least 4 members (excludes halogenated alkanes) is 1. The molecule has 35 heavy (non-hydrogen) atoms. The van der Waals surface area contributed by atoms with Crippen LogP contribution in [0.15, 0.2) is 11.1 Å². The maximum atomic E-state index is 13.5. The zero-order valence-electron chi connectivity index (χ0n) is 21.2. The van der Waals surface area contributed by atoms with Crippen LogP contribution in [0.5, 0.6) is 0 Å². The number of rotatable bonds is 9. The highest BCUT2D eigenvalue weighted by Gasteiger charge is 2.92. The van der Waals surface area contributed by atoms with Gasteiger partial charge in [0.15, 0.2) is 6.10 Å². The van der Waals surface area contributed by atoms with Crippen LogP contribution in [0.1, 0.15) is 54.4 Å². The molecule has 10 heteroatoms. The average Bonchev–Trinajstić information content (AvgIpc) is 3.37. The van der Waals surface area contributed by atoms with Gasteiger partial charge in [0, 0.05) is 23.7 Å². The predicted octanol–water partition coefficient (Wildman–Crippen LogP) is 1.26. The minimum Gasteiger partial charge on any atom is -0.462 e. The van der Waals surface area contributed by atoms with Gasteiger partial charge in [0.1, 0.15) is 12.7 Å². The van der Waals surface area contributed by atoms with Crippen LogP contribution in [0.3, 0.4) is 0 Å². The summed E-state index contributed by atoms with van der Waals surface area (Å²) >= 11 is 0. The molecular weight excluding hydrogens is 460 g/mol. The number of aliphatic hydroxyl groups excluding tert-OH is 2. The zero-order valence-corrected chi connectivity index (χ0v) is 21.2. The number of ether oxygens (including phenoxy) is 5. The molecule has 1 aliphatic carbocycles. The van der Waals surface area contributed by atoms with Crippen molar-refractivity contribution in [2.24, 2.45) is 22.2 Å². The number of aliphatic hydroxyl groups is 2. The summed E-state index contributed by atoms with van der Waals surface area (Å²) in [7, 11) is 0. The van der Waals surface area contributed by atoms with Crippen LogP contribution in [0, 0.1) is 22.2 Å². The maximum absolute atomic E-state index is 13.5. The molecule has 0 aromatic heterocycles. The van der Waals surface area contributed by atoms with E-state index in [4.69, 9.17) is 23.7 Å². The topological polar surface area (TPSA) is 138 Å². The van der Waals surface area contributed by atoms with E-state index in [0.29, 0.717) is 6.61 Å². The second kappa shape index (κ2) is 8.54. The van der Waals surface area contributed by atoms with Crippen molar-refractivity contribution in [1.29, 1.82) is 0 Å². The van der Waals surface area contributed by atoms with Crippen LogP contribution >= 0.6 is 0 Å². The first-order valence-corrected chi connectivity index (χ1v) is 12.2. The average molecular weight is 497 g/mol. The van der Waals surface area contributed by atoms with E-state index in [1.807, 2.05) is 27.7 Å². The lowest BCUT2D eigenvalue weighted by Crippen LogP contribution is -2.66. The second-order valence-corrected chi connectivity index (χ2v) is 11.3. The van der Waals surface area contributed by atoms with E-state index in [0.717, 1.165) is 12.8 Å². The smallest absolute Gasteiger partial charge is 0.344 e. The summed E-state index contributed by atoms with van der Waals surface area (Å²) in [6.45, 7) is 11.1. The van der Waals surface area contributed by atoms with Gasteiger partial charge in [-0.25, -0.2) is 9.59 Å². The fourth-order valence-corrected chi connectivity index (χ4v) is 7.49. The first-order valence-electron chi connectivity index (χ1n) is 12.2. The van der Waals surface area contributed by atoms with Crippen molar-refractivity contribution in [3.05, 3.63) is 11.1 Å². The third-order valence-electron chi connectivity index (χ3n) is 8.41. The summed E-state index contributed by atoms with van der Waals surface area (Å²) in [6, 6.07) is 0. The summed E-state index contributed by atoms with van der Waals surface area (Å²) in [6.07, 6.45) is -3.30. The number of fused-ring (bicyclic) bond motifs is 1. The van der Waals surface area contributed by atoms with Gasteiger partial charge in [-0.3, -0.25) is 4.79 Å². The largest absolute Gasteiger partial charge is 0.462 e. The molecule has 5 unspecified atom stereocenters. The molecule has 0 aromatic carbocycles. The lowest BCUT2D eigenvalue weighted by molar-refractivity contribution is -0.247. The van der Waals surface area contributed by atoms with Gasteiger partial charge >= 0.3 is 11.9 Å². The molecular formula is C25H36O10. The Morgan fingerprint density at radius 1 is 1.29 bits per heavy atom. The SMILES string of the molecule is CCCCOCC1([C@@H]([C@H](C)O)C(C)(C)C)C(OC=O)OC23C(=O)OCC21[C@@H](O)C1OC(=O)C(C)=C13. The molecule has 0 radical (unpaired) electrons. The molecule has 196 valence electrons. The molecule has 0 spiro atoms. The Kier molecular flexibility index (Phi) is 6.36. The normalized spacial score (nSPS) is 39.6. The lowest BCUT2D eigenvalue weighted by Gasteiger charge is -2.54. The molecule has 4 rings (SSSR count). The third kappa shape index (κ3) is 3.06. The molecule has 3 fully saturated rings. The van der Waals surface area contributed by atoms with Crippen LogP contribution in [0.25, 0.3) is 0 Å². The highest BCUT2D eigenvalue weighted by atomic mass is 16.7. The van der Waals surface area contributed by atoms with Gasteiger partial charge in [-0.05, 0) is 25.7 Å². The Morgan fingerprint density at radius 3 is 2.54 bits per heavy atom. The molecule has 8 atom stereocenters. The highest BCUT2D eigenvalue weighted by molar-refractivity contribution is 5.99. The molecule has 0 aromatic rings. The number of carbonyl (C=O) groups is 3. The van der Waals surface area contributed by atoms with Crippen molar-refractivity contribution in [1.82, 2.24) is 0 Å². The summed E-state index contributed by atoms with van der Waals surface area (Å²) in [5.74, 6) is -2.16. The Balaban J connectivity index is 2.05. The van der Waals surface area contributed by atoms with Crippen molar-refractivity contribution >= 4 is 18.4 Å². The molecule has 1 saturated carbocycles. The summed E-state index contributed by atoms with van der Waals surface area (Å²) < 4.78 is 29.1. The van der Waals surface area contributed by atoms with E-state index in [2.05, 4.69) is 0 Å². The van der Waals surface area contributed by atoms with Crippen molar-refractivity contribution in [2.45, 2.75) is 84.6 Å². The van der Waals surface area contributed by atoms with E-state index in [1.54, 1.807) is 6.92 Å². The molecule has 3 heterocycles. The van der Waals surface area contributed by atoms with E-state index < -0.39 is 64.3 Å². The van der Waals surface area contributed by atoms with E-state index in [1.165, 1.54) is 6.92 Å². The Hall–Kier alpha value is -2.01. The van der Waals surface area contributed by atoms with Crippen molar-refractivity contribution < 1.29 is 48.3 Å². The lowest BCUT2D eigenvalue weighted by atomic mass is 9.48. The molecule has 10 nitrogen and oxygen atoms in total. The molecule has 0 bridgehead atoms.